The molecule has 1 fully saturated rings. The molecule has 1 aliphatic heterocycles. The van der Waals surface area contributed by atoms with Crippen molar-refractivity contribution in [1.82, 2.24) is 15.6 Å². The number of halogens is 1. The Morgan fingerprint density at radius 1 is 1.50 bits per heavy atom. The predicted octanol–water partition coefficient (Wildman–Crippen LogP) is 2.36. The van der Waals surface area contributed by atoms with Crippen LogP contribution in [0.25, 0.3) is 0 Å². The molecule has 138 valence electrons. The first-order valence-electron chi connectivity index (χ1n) is 8.40. The summed E-state index contributed by atoms with van der Waals surface area (Å²) in [6.07, 6.45) is 5.39. The van der Waals surface area contributed by atoms with E-state index in [9.17, 15) is 0 Å². The van der Waals surface area contributed by atoms with Crippen molar-refractivity contribution in [3.63, 3.8) is 0 Å². The zero-order valence-corrected chi connectivity index (χ0v) is 17.7. The molecule has 1 aromatic heterocycles. The molecule has 2 heterocycles. The lowest BCUT2D eigenvalue weighted by atomic mass is 10.2. The van der Waals surface area contributed by atoms with Gasteiger partial charge in [-0.2, -0.15) is 0 Å². The number of hydrogen-bond acceptors (Lipinski definition) is 5. The predicted molar refractivity (Wildman–Crippen MR) is 110 cm³/mol. The Morgan fingerprint density at radius 2 is 2.38 bits per heavy atom. The minimum atomic E-state index is 0. The summed E-state index contributed by atoms with van der Waals surface area (Å²) < 4.78 is 11.2. The highest BCUT2D eigenvalue weighted by Gasteiger charge is 2.14. The van der Waals surface area contributed by atoms with Crippen LogP contribution in [0.1, 0.15) is 29.7 Å². The smallest absolute Gasteiger partial charge is 0.191 e. The van der Waals surface area contributed by atoms with E-state index in [1.165, 1.54) is 4.88 Å². The minimum Gasteiger partial charge on any atom is -0.377 e. The molecule has 24 heavy (non-hydrogen) atoms. The molecule has 1 saturated heterocycles. The van der Waals surface area contributed by atoms with Gasteiger partial charge in [0.15, 0.2) is 5.96 Å². The molecule has 0 bridgehead atoms. The molecular formula is C16H29IN4O2S. The van der Waals surface area contributed by atoms with E-state index < -0.39 is 0 Å². The number of rotatable bonds is 9. The SMILES string of the molecule is CCNC(=NCCOCC1CCCO1)NCCc1ncc(C)s1.I. The van der Waals surface area contributed by atoms with Crippen molar-refractivity contribution in [2.24, 2.45) is 4.99 Å². The fraction of sp³-hybridized carbons (Fsp3) is 0.750. The number of nitrogens with zero attached hydrogens (tertiary/aromatic N) is 2. The van der Waals surface area contributed by atoms with Crippen LogP contribution < -0.4 is 10.6 Å². The number of guanidine groups is 1. The summed E-state index contributed by atoms with van der Waals surface area (Å²) in [5, 5.41) is 7.74. The van der Waals surface area contributed by atoms with Crippen molar-refractivity contribution in [3.05, 3.63) is 16.1 Å². The van der Waals surface area contributed by atoms with Crippen LogP contribution in [0.15, 0.2) is 11.2 Å². The Hall–Kier alpha value is -0.450. The molecule has 1 aromatic rings. The molecule has 1 aliphatic rings. The molecule has 0 spiro atoms. The van der Waals surface area contributed by atoms with E-state index in [1.54, 1.807) is 11.3 Å². The normalized spacial score (nSPS) is 17.6. The average molecular weight is 468 g/mol. The van der Waals surface area contributed by atoms with Gasteiger partial charge in [-0.15, -0.1) is 35.3 Å². The molecular weight excluding hydrogens is 439 g/mol. The zero-order valence-electron chi connectivity index (χ0n) is 14.5. The van der Waals surface area contributed by atoms with Gasteiger partial charge in [0, 0.05) is 37.2 Å². The van der Waals surface area contributed by atoms with Gasteiger partial charge in [0.2, 0.25) is 0 Å². The van der Waals surface area contributed by atoms with Gasteiger partial charge in [-0.3, -0.25) is 4.99 Å². The number of nitrogens with one attached hydrogen (secondary N) is 2. The lowest BCUT2D eigenvalue weighted by molar-refractivity contribution is 0.0200. The van der Waals surface area contributed by atoms with Crippen LogP contribution in [0.2, 0.25) is 0 Å². The Kier molecular flexibility index (Phi) is 11.6. The van der Waals surface area contributed by atoms with Gasteiger partial charge in [0.1, 0.15) is 0 Å². The van der Waals surface area contributed by atoms with E-state index >= 15 is 0 Å². The van der Waals surface area contributed by atoms with E-state index in [0.29, 0.717) is 19.8 Å². The molecule has 2 rings (SSSR count). The molecule has 0 saturated carbocycles. The highest BCUT2D eigenvalue weighted by atomic mass is 127. The maximum absolute atomic E-state index is 5.63. The van der Waals surface area contributed by atoms with Crippen molar-refractivity contribution in [1.29, 1.82) is 0 Å². The standard InChI is InChI=1S/C16H28N4O2S.HI/c1-3-17-16(18-7-6-15-20-11-13(2)23-15)19-8-10-21-12-14-5-4-9-22-14;/h11,14H,3-10,12H2,1-2H3,(H2,17,18,19);1H. The quantitative estimate of drug-likeness (QED) is 0.252. The molecule has 8 heteroatoms. The fourth-order valence-electron chi connectivity index (χ4n) is 2.36. The van der Waals surface area contributed by atoms with Gasteiger partial charge >= 0.3 is 0 Å². The van der Waals surface area contributed by atoms with Gasteiger partial charge < -0.3 is 20.1 Å². The molecule has 1 unspecified atom stereocenters. The fourth-order valence-corrected chi connectivity index (χ4v) is 3.15. The Balaban J connectivity index is 0.00000288. The van der Waals surface area contributed by atoms with Gasteiger partial charge in [0.25, 0.3) is 0 Å². The topological polar surface area (TPSA) is 67.8 Å². The Labute approximate surface area is 165 Å². The van der Waals surface area contributed by atoms with Crippen LogP contribution in [-0.4, -0.2) is 56.5 Å². The van der Waals surface area contributed by atoms with Crippen molar-refractivity contribution in [2.75, 3.05) is 39.5 Å². The highest BCUT2D eigenvalue weighted by Crippen LogP contribution is 2.12. The monoisotopic (exact) mass is 468 g/mol. The van der Waals surface area contributed by atoms with E-state index in [4.69, 9.17) is 9.47 Å². The van der Waals surface area contributed by atoms with E-state index in [1.807, 2.05) is 6.20 Å². The highest BCUT2D eigenvalue weighted by molar-refractivity contribution is 14.0. The molecule has 6 nitrogen and oxygen atoms in total. The first-order chi connectivity index (χ1) is 11.3. The van der Waals surface area contributed by atoms with Crippen LogP contribution in [0.4, 0.5) is 0 Å². The number of aliphatic imine (C=N–C) groups is 1. The van der Waals surface area contributed by atoms with Crippen molar-refractivity contribution in [2.45, 2.75) is 39.2 Å². The summed E-state index contributed by atoms with van der Waals surface area (Å²) in [5.74, 6) is 0.835. The maximum Gasteiger partial charge on any atom is 0.191 e. The Bertz CT molecular complexity index is 478. The number of aromatic nitrogens is 1. The summed E-state index contributed by atoms with van der Waals surface area (Å²) in [7, 11) is 0. The van der Waals surface area contributed by atoms with Gasteiger partial charge in [-0.25, -0.2) is 4.98 Å². The molecule has 1 atom stereocenters. The van der Waals surface area contributed by atoms with Gasteiger partial charge in [-0.1, -0.05) is 0 Å². The summed E-state index contributed by atoms with van der Waals surface area (Å²) in [5.41, 5.74) is 0. The molecule has 0 aromatic carbocycles. The van der Waals surface area contributed by atoms with Crippen molar-refractivity contribution >= 4 is 41.3 Å². The molecule has 0 amide bonds. The second-order valence-corrected chi connectivity index (χ2v) is 6.83. The first-order valence-corrected chi connectivity index (χ1v) is 9.22. The van der Waals surface area contributed by atoms with Crippen molar-refractivity contribution < 1.29 is 9.47 Å². The number of thiazole rings is 1. The minimum absolute atomic E-state index is 0. The van der Waals surface area contributed by atoms with Crippen LogP contribution in [-0.2, 0) is 15.9 Å². The second kappa shape index (κ2) is 12.8. The molecule has 0 aliphatic carbocycles. The second-order valence-electron chi connectivity index (χ2n) is 5.51. The lowest BCUT2D eigenvalue weighted by Crippen LogP contribution is -2.38. The third-order valence-corrected chi connectivity index (χ3v) is 4.45. The molecule has 2 N–H and O–H groups in total. The lowest BCUT2D eigenvalue weighted by Gasteiger charge is -2.11. The summed E-state index contributed by atoms with van der Waals surface area (Å²) in [4.78, 5) is 10.1. The zero-order chi connectivity index (χ0) is 16.3. The van der Waals surface area contributed by atoms with Crippen molar-refractivity contribution in [3.8, 4) is 0 Å². The number of hydrogen-bond donors (Lipinski definition) is 2. The maximum atomic E-state index is 5.63. The van der Waals surface area contributed by atoms with Crippen LogP contribution in [0, 0.1) is 6.92 Å². The Morgan fingerprint density at radius 3 is 3.04 bits per heavy atom. The first kappa shape index (κ1) is 21.6. The summed E-state index contributed by atoms with van der Waals surface area (Å²) >= 11 is 1.75. The van der Waals surface area contributed by atoms with E-state index in [0.717, 1.165) is 49.9 Å². The molecule has 0 radical (unpaired) electrons. The average Bonchev–Trinajstić information content (AvgIpc) is 3.19. The number of aryl methyl sites for hydroxylation is 1. The largest absolute Gasteiger partial charge is 0.377 e. The van der Waals surface area contributed by atoms with Crippen LogP contribution >= 0.6 is 35.3 Å². The summed E-state index contributed by atoms with van der Waals surface area (Å²) in [6.45, 7) is 8.66. The third-order valence-electron chi connectivity index (χ3n) is 3.48. The van der Waals surface area contributed by atoms with E-state index in [2.05, 4.69) is 34.5 Å². The van der Waals surface area contributed by atoms with Crippen LogP contribution in [0.5, 0.6) is 0 Å². The summed E-state index contributed by atoms with van der Waals surface area (Å²) in [6, 6.07) is 0. The third kappa shape index (κ3) is 8.59. The van der Waals surface area contributed by atoms with Crippen LogP contribution in [0.3, 0.4) is 0 Å². The van der Waals surface area contributed by atoms with E-state index in [-0.39, 0.29) is 30.1 Å². The number of ether oxygens (including phenoxy) is 2. The van der Waals surface area contributed by atoms with Gasteiger partial charge in [0.05, 0.1) is 30.9 Å². The van der Waals surface area contributed by atoms with Gasteiger partial charge in [-0.05, 0) is 26.7 Å².